The van der Waals surface area contributed by atoms with Crippen LogP contribution in [0.15, 0.2) is 10.7 Å². The first-order valence-electron chi connectivity index (χ1n) is 5.50. The van der Waals surface area contributed by atoms with Crippen molar-refractivity contribution in [2.75, 3.05) is 0 Å². The second-order valence-electron chi connectivity index (χ2n) is 4.30. The van der Waals surface area contributed by atoms with Crippen LogP contribution in [0.4, 0.5) is 0 Å². The van der Waals surface area contributed by atoms with Gasteiger partial charge in [0.1, 0.15) is 6.10 Å². The maximum absolute atomic E-state index is 5.85. The largest absolute Gasteiger partial charge is 0.473 e. The zero-order valence-corrected chi connectivity index (χ0v) is 11.5. The van der Waals surface area contributed by atoms with E-state index in [0.717, 1.165) is 23.2 Å². The van der Waals surface area contributed by atoms with E-state index in [4.69, 9.17) is 16.3 Å². The number of rotatable bonds is 2. The van der Waals surface area contributed by atoms with Gasteiger partial charge in [-0.25, -0.2) is 4.98 Å². The lowest BCUT2D eigenvalue weighted by Crippen LogP contribution is -2.24. The fraction of sp³-hybridized carbons (Fsp3) is 0.636. The van der Waals surface area contributed by atoms with Gasteiger partial charge in [0.25, 0.3) is 0 Å². The van der Waals surface area contributed by atoms with Crippen molar-refractivity contribution in [3.05, 3.63) is 16.0 Å². The highest BCUT2D eigenvalue weighted by atomic mass is 79.9. The molecule has 88 valence electrons. The highest BCUT2D eigenvalue weighted by Gasteiger charge is 2.21. The van der Waals surface area contributed by atoms with E-state index < -0.39 is 0 Å². The predicted molar refractivity (Wildman–Crippen MR) is 66.8 cm³/mol. The number of halogens is 2. The number of aromatic nitrogens is 2. The Bertz CT molecular complexity index is 375. The third kappa shape index (κ3) is 3.08. The minimum absolute atomic E-state index is 0.224. The molecule has 1 heterocycles. The summed E-state index contributed by atoms with van der Waals surface area (Å²) in [4.78, 5) is 7.95. The molecule has 16 heavy (non-hydrogen) atoms. The Morgan fingerprint density at radius 2 is 2.31 bits per heavy atom. The fourth-order valence-electron chi connectivity index (χ4n) is 2.06. The molecule has 1 saturated carbocycles. The summed E-state index contributed by atoms with van der Waals surface area (Å²) in [7, 11) is 0. The molecular weight excluding hydrogens is 291 g/mol. The Morgan fingerprint density at radius 1 is 1.50 bits per heavy atom. The van der Waals surface area contributed by atoms with E-state index in [2.05, 4.69) is 32.8 Å². The van der Waals surface area contributed by atoms with E-state index in [1.807, 2.05) is 0 Å². The highest BCUT2D eigenvalue weighted by molar-refractivity contribution is 9.10. The molecule has 0 amide bonds. The lowest BCUT2D eigenvalue weighted by Gasteiger charge is -2.27. The van der Waals surface area contributed by atoms with E-state index in [-0.39, 0.29) is 11.4 Å². The average Bonchev–Trinajstić information content (AvgIpc) is 2.24. The molecule has 0 bridgehead atoms. The van der Waals surface area contributed by atoms with Gasteiger partial charge in [0, 0.05) is 6.20 Å². The van der Waals surface area contributed by atoms with Gasteiger partial charge in [0.2, 0.25) is 11.2 Å². The maximum Gasteiger partial charge on any atom is 0.232 e. The zero-order chi connectivity index (χ0) is 11.5. The van der Waals surface area contributed by atoms with Crippen LogP contribution in [0.2, 0.25) is 5.28 Å². The monoisotopic (exact) mass is 304 g/mol. The van der Waals surface area contributed by atoms with Crippen molar-refractivity contribution in [1.82, 2.24) is 9.97 Å². The van der Waals surface area contributed by atoms with Crippen LogP contribution in [0.3, 0.4) is 0 Å². The zero-order valence-electron chi connectivity index (χ0n) is 9.12. The lowest BCUT2D eigenvalue weighted by atomic mass is 9.89. The fourth-order valence-corrected chi connectivity index (χ4v) is 2.47. The molecule has 0 spiro atoms. The molecule has 5 heteroatoms. The molecular formula is C11H14BrClN2O. The predicted octanol–water partition coefficient (Wildman–Crippen LogP) is 3.85. The van der Waals surface area contributed by atoms with Gasteiger partial charge in [-0.3, -0.25) is 0 Å². The Hall–Kier alpha value is -0.350. The first-order valence-corrected chi connectivity index (χ1v) is 6.67. The molecule has 1 aromatic heterocycles. The van der Waals surface area contributed by atoms with E-state index in [9.17, 15) is 0 Å². The quantitative estimate of drug-likeness (QED) is 0.778. The third-order valence-electron chi connectivity index (χ3n) is 2.85. The van der Waals surface area contributed by atoms with Crippen LogP contribution in [0.25, 0.3) is 0 Å². The number of hydrogen-bond donors (Lipinski definition) is 0. The maximum atomic E-state index is 5.85. The Kier molecular flexibility index (Phi) is 4.03. The van der Waals surface area contributed by atoms with E-state index in [1.54, 1.807) is 6.20 Å². The summed E-state index contributed by atoms with van der Waals surface area (Å²) in [6.07, 6.45) is 6.59. The molecule has 1 aromatic rings. The molecule has 3 nitrogen and oxygen atoms in total. The molecule has 1 aliphatic carbocycles. The van der Waals surface area contributed by atoms with Crippen LogP contribution >= 0.6 is 27.5 Å². The van der Waals surface area contributed by atoms with Crippen LogP contribution in [-0.4, -0.2) is 16.1 Å². The van der Waals surface area contributed by atoms with Gasteiger partial charge in [-0.15, -0.1) is 0 Å². The van der Waals surface area contributed by atoms with Gasteiger partial charge >= 0.3 is 0 Å². The van der Waals surface area contributed by atoms with Crippen LogP contribution < -0.4 is 4.74 Å². The van der Waals surface area contributed by atoms with Gasteiger partial charge < -0.3 is 4.74 Å². The molecule has 1 aliphatic rings. The number of hydrogen-bond acceptors (Lipinski definition) is 3. The summed E-state index contributed by atoms with van der Waals surface area (Å²) < 4.78 is 6.61. The van der Waals surface area contributed by atoms with Crippen molar-refractivity contribution in [1.29, 1.82) is 0 Å². The minimum atomic E-state index is 0.224. The summed E-state index contributed by atoms with van der Waals surface area (Å²) in [5, 5.41) is 0.224. The smallest absolute Gasteiger partial charge is 0.232 e. The van der Waals surface area contributed by atoms with Crippen molar-refractivity contribution in [2.45, 2.75) is 38.7 Å². The number of ether oxygens (including phenoxy) is 1. The molecule has 0 saturated heterocycles. The second-order valence-corrected chi connectivity index (χ2v) is 5.50. The first kappa shape index (κ1) is 12.1. The minimum Gasteiger partial charge on any atom is -0.473 e. The summed E-state index contributed by atoms with van der Waals surface area (Å²) in [5.41, 5.74) is 0. The number of nitrogens with zero attached hydrogens (tertiary/aromatic N) is 2. The SMILES string of the molecule is CC1CCCC(Oc2nc(Cl)ncc2Br)C1. The lowest BCUT2D eigenvalue weighted by molar-refractivity contribution is 0.123. The van der Waals surface area contributed by atoms with Crippen molar-refractivity contribution < 1.29 is 4.74 Å². The highest BCUT2D eigenvalue weighted by Crippen LogP contribution is 2.30. The van der Waals surface area contributed by atoms with Crippen molar-refractivity contribution in [2.24, 2.45) is 5.92 Å². The molecule has 0 radical (unpaired) electrons. The molecule has 0 aromatic carbocycles. The first-order chi connectivity index (χ1) is 7.65. The van der Waals surface area contributed by atoms with Gasteiger partial charge in [0.15, 0.2) is 0 Å². The molecule has 0 N–H and O–H groups in total. The molecule has 1 fully saturated rings. The summed E-state index contributed by atoms with van der Waals surface area (Å²) in [6.45, 7) is 2.26. The van der Waals surface area contributed by atoms with E-state index >= 15 is 0 Å². The van der Waals surface area contributed by atoms with Crippen LogP contribution in [0.5, 0.6) is 5.88 Å². The van der Waals surface area contributed by atoms with Crippen molar-refractivity contribution >= 4 is 27.5 Å². The molecule has 2 unspecified atom stereocenters. The Morgan fingerprint density at radius 3 is 3.06 bits per heavy atom. The Labute approximate surface area is 109 Å². The summed E-state index contributed by atoms with van der Waals surface area (Å²) in [5.74, 6) is 1.29. The van der Waals surface area contributed by atoms with Gasteiger partial charge in [-0.2, -0.15) is 4.98 Å². The molecule has 2 rings (SSSR count). The van der Waals surface area contributed by atoms with E-state index in [0.29, 0.717) is 5.88 Å². The average molecular weight is 306 g/mol. The summed E-state index contributed by atoms with van der Waals surface area (Å²) >= 11 is 9.10. The van der Waals surface area contributed by atoms with Gasteiger partial charge in [-0.1, -0.05) is 13.3 Å². The van der Waals surface area contributed by atoms with Crippen molar-refractivity contribution in [3.63, 3.8) is 0 Å². The Balaban J connectivity index is 2.05. The van der Waals surface area contributed by atoms with E-state index in [1.165, 1.54) is 12.8 Å². The molecule has 0 aliphatic heterocycles. The van der Waals surface area contributed by atoms with Gasteiger partial charge in [-0.05, 0) is 52.7 Å². The second kappa shape index (κ2) is 5.32. The standard InChI is InChI=1S/C11H14BrClN2O/c1-7-3-2-4-8(5-7)16-10-9(12)6-14-11(13)15-10/h6-8H,2-5H2,1H3. The topological polar surface area (TPSA) is 35.0 Å². The third-order valence-corrected chi connectivity index (χ3v) is 3.58. The normalized spacial score (nSPS) is 25.4. The molecule has 2 atom stereocenters. The van der Waals surface area contributed by atoms with Crippen LogP contribution in [0.1, 0.15) is 32.6 Å². The van der Waals surface area contributed by atoms with Crippen LogP contribution in [0, 0.1) is 5.92 Å². The van der Waals surface area contributed by atoms with Crippen LogP contribution in [-0.2, 0) is 0 Å². The van der Waals surface area contributed by atoms with Crippen molar-refractivity contribution in [3.8, 4) is 5.88 Å². The summed E-state index contributed by atoms with van der Waals surface area (Å²) in [6, 6.07) is 0. The van der Waals surface area contributed by atoms with Gasteiger partial charge in [0.05, 0.1) is 4.47 Å².